The minimum absolute atomic E-state index is 0.113. The van der Waals surface area contributed by atoms with E-state index in [-0.39, 0.29) is 10.3 Å². The Hall–Kier alpha value is -0.920. The molecule has 0 amide bonds. The van der Waals surface area contributed by atoms with Crippen molar-refractivity contribution in [2.24, 2.45) is 11.1 Å². The normalized spacial score (nSPS) is 12.9. The van der Waals surface area contributed by atoms with Crippen LogP contribution in [0, 0.1) is 19.3 Å². The van der Waals surface area contributed by atoms with Crippen LogP contribution in [0.2, 0.25) is 0 Å². The molecule has 4 N–H and O–H groups in total. The summed E-state index contributed by atoms with van der Waals surface area (Å²) in [5.74, 6) is 0. The van der Waals surface area contributed by atoms with Gasteiger partial charge in [-0.15, -0.1) is 0 Å². The topological polar surface area (TPSA) is 101 Å². The monoisotopic (exact) mass is 288 g/mol. The molecule has 0 atom stereocenters. The number of nitrogens with one attached hydrogen (secondary N) is 2. The third kappa shape index (κ3) is 4.29. The number of nitrogens with zero attached hydrogens (tertiary/aromatic N) is 1. The molecule has 0 aliphatic carbocycles. The van der Waals surface area contributed by atoms with Crippen molar-refractivity contribution in [1.82, 2.24) is 14.9 Å². The van der Waals surface area contributed by atoms with Crippen molar-refractivity contribution in [3.05, 3.63) is 11.4 Å². The van der Waals surface area contributed by atoms with E-state index in [2.05, 4.69) is 14.9 Å². The third-order valence-electron chi connectivity index (χ3n) is 3.13. The Labute approximate surface area is 115 Å². The molecule has 0 aliphatic rings. The average molecular weight is 288 g/mol. The Morgan fingerprint density at radius 3 is 2.47 bits per heavy atom. The Morgan fingerprint density at radius 2 is 2.00 bits per heavy atom. The summed E-state index contributed by atoms with van der Waals surface area (Å²) in [7, 11) is -3.51. The first-order valence-electron chi connectivity index (χ1n) is 6.41. The first-order valence-corrected chi connectivity index (χ1v) is 7.89. The molecule has 110 valence electrons. The molecule has 1 heterocycles. The maximum atomic E-state index is 12.3. The highest BCUT2D eigenvalue weighted by molar-refractivity contribution is 7.89. The second-order valence-electron chi connectivity index (χ2n) is 5.64. The fourth-order valence-electron chi connectivity index (χ4n) is 1.97. The molecule has 0 spiro atoms. The zero-order valence-electron chi connectivity index (χ0n) is 12.1. The lowest BCUT2D eigenvalue weighted by Gasteiger charge is -2.24. The third-order valence-corrected chi connectivity index (χ3v) is 4.79. The van der Waals surface area contributed by atoms with Gasteiger partial charge < -0.3 is 5.73 Å². The summed E-state index contributed by atoms with van der Waals surface area (Å²) in [6.07, 6.45) is 1.77. The van der Waals surface area contributed by atoms with Gasteiger partial charge in [-0.3, -0.25) is 5.10 Å². The predicted molar refractivity (Wildman–Crippen MR) is 75.3 cm³/mol. The second kappa shape index (κ2) is 6.02. The summed E-state index contributed by atoms with van der Waals surface area (Å²) in [5, 5.41) is 6.60. The molecule has 0 unspecified atom stereocenters. The standard InChI is InChI=1S/C12H24N4O2S/c1-9-11(10(2)16-15-9)19(17,18)14-8-12(3,4)6-5-7-13/h14H,5-8,13H2,1-4H3,(H,15,16). The van der Waals surface area contributed by atoms with Gasteiger partial charge in [-0.25, -0.2) is 13.1 Å². The minimum Gasteiger partial charge on any atom is -0.330 e. The van der Waals surface area contributed by atoms with E-state index in [0.29, 0.717) is 24.5 Å². The summed E-state index contributed by atoms with van der Waals surface area (Å²) in [6, 6.07) is 0. The molecule has 1 rings (SSSR count). The Kier molecular flexibility index (Phi) is 5.11. The van der Waals surface area contributed by atoms with Gasteiger partial charge >= 0.3 is 0 Å². The van der Waals surface area contributed by atoms with Crippen LogP contribution in [0.25, 0.3) is 0 Å². The van der Waals surface area contributed by atoms with Gasteiger partial charge in [0.05, 0.1) is 11.4 Å². The van der Waals surface area contributed by atoms with E-state index in [1.165, 1.54) is 0 Å². The van der Waals surface area contributed by atoms with Crippen molar-refractivity contribution in [2.45, 2.75) is 45.4 Å². The molecule has 0 bridgehead atoms. The minimum atomic E-state index is -3.51. The van der Waals surface area contributed by atoms with Crippen molar-refractivity contribution in [2.75, 3.05) is 13.1 Å². The SMILES string of the molecule is Cc1n[nH]c(C)c1S(=O)(=O)NCC(C)(C)CCCN. The lowest BCUT2D eigenvalue weighted by molar-refractivity contribution is 0.327. The van der Waals surface area contributed by atoms with E-state index in [9.17, 15) is 8.42 Å². The number of hydrogen-bond acceptors (Lipinski definition) is 4. The van der Waals surface area contributed by atoms with Crippen molar-refractivity contribution >= 4 is 10.0 Å². The van der Waals surface area contributed by atoms with Crippen LogP contribution in [0.3, 0.4) is 0 Å². The Balaban J connectivity index is 2.77. The van der Waals surface area contributed by atoms with Crippen LogP contribution in [-0.2, 0) is 10.0 Å². The summed E-state index contributed by atoms with van der Waals surface area (Å²) >= 11 is 0. The van der Waals surface area contributed by atoms with Crippen LogP contribution in [0.5, 0.6) is 0 Å². The number of H-pyrrole nitrogens is 1. The molecular weight excluding hydrogens is 264 g/mol. The molecule has 0 saturated heterocycles. The Bertz CT molecular complexity index is 500. The highest BCUT2D eigenvalue weighted by Crippen LogP contribution is 2.23. The number of aromatic amines is 1. The van der Waals surface area contributed by atoms with E-state index in [1.807, 2.05) is 13.8 Å². The van der Waals surface area contributed by atoms with E-state index in [1.54, 1.807) is 13.8 Å². The molecular formula is C12H24N4O2S. The van der Waals surface area contributed by atoms with Crippen LogP contribution >= 0.6 is 0 Å². The number of sulfonamides is 1. The van der Waals surface area contributed by atoms with Gasteiger partial charge in [-0.05, 0) is 38.6 Å². The highest BCUT2D eigenvalue weighted by atomic mass is 32.2. The van der Waals surface area contributed by atoms with Crippen LogP contribution in [0.1, 0.15) is 38.1 Å². The summed E-state index contributed by atoms with van der Waals surface area (Å²) in [6.45, 7) is 8.45. The zero-order valence-corrected chi connectivity index (χ0v) is 12.9. The van der Waals surface area contributed by atoms with E-state index >= 15 is 0 Å². The quantitative estimate of drug-likeness (QED) is 0.698. The largest absolute Gasteiger partial charge is 0.330 e. The van der Waals surface area contributed by atoms with Crippen LogP contribution < -0.4 is 10.5 Å². The number of rotatable bonds is 7. The van der Waals surface area contributed by atoms with Crippen molar-refractivity contribution in [1.29, 1.82) is 0 Å². The van der Waals surface area contributed by atoms with Crippen LogP contribution in [0.4, 0.5) is 0 Å². The van der Waals surface area contributed by atoms with Crippen molar-refractivity contribution < 1.29 is 8.42 Å². The number of aromatic nitrogens is 2. The molecule has 1 aromatic rings. The molecule has 0 aromatic carbocycles. The summed E-state index contributed by atoms with van der Waals surface area (Å²) in [4.78, 5) is 0.252. The molecule has 0 radical (unpaired) electrons. The van der Waals surface area contributed by atoms with E-state index in [4.69, 9.17) is 5.73 Å². The van der Waals surface area contributed by atoms with Gasteiger partial charge in [-0.2, -0.15) is 5.10 Å². The molecule has 0 aliphatic heterocycles. The number of nitrogens with two attached hydrogens (primary N) is 1. The fraction of sp³-hybridized carbons (Fsp3) is 0.750. The van der Waals surface area contributed by atoms with Crippen molar-refractivity contribution in [3.63, 3.8) is 0 Å². The van der Waals surface area contributed by atoms with Gasteiger partial charge in [0.25, 0.3) is 0 Å². The molecule has 7 heteroatoms. The van der Waals surface area contributed by atoms with Gasteiger partial charge in [0.1, 0.15) is 4.90 Å². The van der Waals surface area contributed by atoms with Crippen LogP contribution in [0.15, 0.2) is 4.90 Å². The maximum absolute atomic E-state index is 12.3. The predicted octanol–water partition coefficient (Wildman–Crippen LogP) is 1.07. The van der Waals surface area contributed by atoms with E-state index in [0.717, 1.165) is 12.8 Å². The molecule has 0 saturated carbocycles. The molecule has 19 heavy (non-hydrogen) atoms. The lowest BCUT2D eigenvalue weighted by atomic mass is 9.88. The highest BCUT2D eigenvalue weighted by Gasteiger charge is 2.25. The fourth-order valence-corrected chi connectivity index (χ4v) is 3.58. The summed E-state index contributed by atoms with van der Waals surface area (Å²) < 4.78 is 27.2. The van der Waals surface area contributed by atoms with Gasteiger partial charge in [0.2, 0.25) is 10.0 Å². The van der Waals surface area contributed by atoms with Gasteiger partial charge in [-0.1, -0.05) is 13.8 Å². The second-order valence-corrected chi connectivity index (χ2v) is 7.35. The zero-order chi connectivity index (χ0) is 14.7. The van der Waals surface area contributed by atoms with Gasteiger partial charge in [0, 0.05) is 6.54 Å². The first-order chi connectivity index (χ1) is 8.69. The summed E-state index contributed by atoms with van der Waals surface area (Å²) in [5.41, 5.74) is 6.42. The first kappa shape index (κ1) is 16.1. The number of aryl methyl sites for hydroxylation is 2. The van der Waals surface area contributed by atoms with Crippen LogP contribution in [-0.4, -0.2) is 31.7 Å². The Morgan fingerprint density at radius 1 is 1.37 bits per heavy atom. The lowest BCUT2D eigenvalue weighted by Crippen LogP contribution is -2.34. The van der Waals surface area contributed by atoms with E-state index < -0.39 is 10.0 Å². The number of hydrogen-bond donors (Lipinski definition) is 3. The van der Waals surface area contributed by atoms with Crippen molar-refractivity contribution in [3.8, 4) is 0 Å². The maximum Gasteiger partial charge on any atom is 0.244 e. The average Bonchev–Trinajstić information content (AvgIpc) is 2.65. The smallest absolute Gasteiger partial charge is 0.244 e. The van der Waals surface area contributed by atoms with Gasteiger partial charge in [0.15, 0.2) is 0 Å². The molecule has 6 nitrogen and oxygen atoms in total. The molecule has 1 aromatic heterocycles. The molecule has 0 fully saturated rings.